The van der Waals surface area contributed by atoms with E-state index in [1.54, 1.807) is 24.4 Å². The lowest BCUT2D eigenvalue weighted by Crippen LogP contribution is -2.22. The molecule has 158 valence electrons. The molecule has 0 spiro atoms. The molecule has 1 aliphatic rings. The van der Waals surface area contributed by atoms with Crippen molar-refractivity contribution in [3.8, 4) is 0 Å². The molecule has 8 nitrogen and oxygen atoms in total. The molecule has 0 saturated heterocycles. The first kappa shape index (κ1) is 19.3. The van der Waals surface area contributed by atoms with E-state index in [-0.39, 0.29) is 35.8 Å². The van der Waals surface area contributed by atoms with Gasteiger partial charge in [0.25, 0.3) is 5.56 Å². The van der Waals surface area contributed by atoms with E-state index >= 15 is 0 Å². The second-order valence-electron chi connectivity index (χ2n) is 7.93. The van der Waals surface area contributed by atoms with Gasteiger partial charge in [0.2, 0.25) is 5.89 Å². The van der Waals surface area contributed by atoms with E-state index in [0.29, 0.717) is 11.0 Å². The molecule has 0 amide bonds. The van der Waals surface area contributed by atoms with Crippen LogP contribution in [-0.4, -0.2) is 24.3 Å². The van der Waals surface area contributed by atoms with Crippen molar-refractivity contribution >= 4 is 11.0 Å². The zero-order chi connectivity index (χ0) is 21.5. The third-order valence-corrected chi connectivity index (χ3v) is 5.94. The van der Waals surface area contributed by atoms with Gasteiger partial charge < -0.3 is 4.42 Å². The maximum atomic E-state index is 13.2. The molecule has 31 heavy (non-hydrogen) atoms. The van der Waals surface area contributed by atoms with Gasteiger partial charge >= 0.3 is 5.76 Å². The van der Waals surface area contributed by atoms with Gasteiger partial charge in [-0.15, -0.1) is 5.10 Å². The Hall–Kier alpha value is -3.62. The molecule has 0 bridgehead atoms. The molecule has 2 atom stereocenters. The van der Waals surface area contributed by atoms with Crippen LogP contribution in [0.3, 0.4) is 0 Å². The SMILES string of the molecule is Cc1ccnc2ncn(Cc3nn([C@@H]4CC[C@@H](c5ccc(F)cc5)C4)c(=O)o3)c(=O)c12. The molecule has 3 aromatic heterocycles. The average Bonchev–Trinajstić information content (AvgIpc) is 3.37. The van der Waals surface area contributed by atoms with E-state index in [4.69, 9.17) is 4.42 Å². The van der Waals surface area contributed by atoms with Crippen molar-refractivity contribution in [1.82, 2.24) is 24.3 Å². The van der Waals surface area contributed by atoms with Crippen molar-refractivity contribution in [1.29, 1.82) is 0 Å². The first-order chi connectivity index (χ1) is 15.0. The van der Waals surface area contributed by atoms with Gasteiger partial charge in [-0.3, -0.25) is 9.36 Å². The Morgan fingerprint density at radius 2 is 1.94 bits per heavy atom. The monoisotopic (exact) mass is 421 g/mol. The minimum atomic E-state index is -0.542. The molecular weight excluding hydrogens is 401 g/mol. The third kappa shape index (κ3) is 3.56. The molecule has 1 aliphatic carbocycles. The normalized spacial score (nSPS) is 18.6. The Bertz CT molecular complexity index is 1370. The van der Waals surface area contributed by atoms with Crippen LogP contribution in [0.1, 0.15) is 48.2 Å². The summed E-state index contributed by atoms with van der Waals surface area (Å²) >= 11 is 0. The van der Waals surface area contributed by atoms with Crippen LogP contribution in [-0.2, 0) is 6.54 Å². The first-order valence-corrected chi connectivity index (χ1v) is 10.1. The molecule has 3 heterocycles. The topological polar surface area (TPSA) is 95.8 Å². The lowest BCUT2D eigenvalue weighted by Gasteiger charge is -2.11. The fourth-order valence-corrected chi connectivity index (χ4v) is 4.33. The Morgan fingerprint density at radius 1 is 1.13 bits per heavy atom. The molecule has 0 aliphatic heterocycles. The van der Waals surface area contributed by atoms with Crippen molar-refractivity contribution in [2.75, 3.05) is 0 Å². The van der Waals surface area contributed by atoms with E-state index in [1.165, 1.54) is 27.7 Å². The predicted molar refractivity (Wildman–Crippen MR) is 110 cm³/mol. The van der Waals surface area contributed by atoms with Crippen LogP contribution in [0.2, 0.25) is 0 Å². The molecule has 5 rings (SSSR count). The summed E-state index contributed by atoms with van der Waals surface area (Å²) in [7, 11) is 0. The summed E-state index contributed by atoms with van der Waals surface area (Å²) in [6.45, 7) is 1.83. The fourth-order valence-electron chi connectivity index (χ4n) is 4.33. The summed E-state index contributed by atoms with van der Waals surface area (Å²) in [5.74, 6) is -0.417. The fraction of sp³-hybridized carbons (Fsp3) is 0.318. The summed E-state index contributed by atoms with van der Waals surface area (Å²) in [6, 6.07) is 8.14. The number of benzene rings is 1. The van der Waals surface area contributed by atoms with Crippen molar-refractivity contribution in [3.05, 3.63) is 86.6 Å². The Kier molecular flexibility index (Phi) is 4.72. The van der Waals surface area contributed by atoms with Gasteiger partial charge in [-0.1, -0.05) is 12.1 Å². The van der Waals surface area contributed by atoms with E-state index < -0.39 is 5.76 Å². The van der Waals surface area contributed by atoms with Crippen molar-refractivity contribution in [2.45, 2.75) is 44.7 Å². The highest BCUT2D eigenvalue weighted by Crippen LogP contribution is 2.40. The summed E-state index contributed by atoms with van der Waals surface area (Å²) in [6.07, 6.45) is 5.37. The number of aromatic nitrogens is 5. The van der Waals surface area contributed by atoms with Crippen molar-refractivity contribution in [2.24, 2.45) is 0 Å². The molecule has 1 aromatic carbocycles. The number of hydrogen-bond acceptors (Lipinski definition) is 6. The Balaban J connectivity index is 1.38. The van der Waals surface area contributed by atoms with Gasteiger partial charge in [0.05, 0.1) is 11.4 Å². The zero-order valence-electron chi connectivity index (χ0n) is 16.9. The van der Waals surface area contributed by atoms with Gasteiger partial charge in [0, 0.05) is 6.20 Å². The second-order valence-corrected chi connectivity index (χ2v) is 7.93. The first-order valence-electron chi connectivity index (χ1n) is 10.1. The van der Waals surface area contributed by atoms with Crippen LogP contribution < -0.4 is 11.3 Å². The third-order valence-electron chi connectivity index (χ3n) is 5.94. The number of hydrogen-bond donors (Lipinski definition) is 0. The predicted octanol–water partition coefficient (Wildman–Crippen LogP) is 2.95. The molecule has 4 aromatic rings. The van der Waals surface area contributed by atoms with Gasteiger partial charge in [-0.2, -0.15) is 4.68 Å². The minimum Gasteiger partial charge on any atom is -0.390 e. The van der Waals surface area contributed by atoms with Crippen LogP contribution in [0, 0.1) is 12.7 Å². The highest BCUT2D eigenvalue weighted by molar-refractivity contribution is 5.76. The maximum absolute atomic E-state index is 13.2. The molecule has 0 unspecified atom stereocenters. The van der Waals surface area contributed by atoms with Gasteiger partial charge in [-0.05, 0) is 61.4 Å². The highest BCUT2D eigenvalue weighted by atomic mass is 19.1. The number of nitrogens with zero attached hydrogens (tertiary/aromatic N) is 5. The smallest absolute Gasteiger partial charge is 0.390 e. The van der Waals surface area contributed by atoms with Crippen molar-refractivity contribution in [3.63, 3.8) is 0 Å². The zero-order valence-corrected chi connectivity index (χ0v) is 16.9. The van der Waals surface area contributed by atoms with Crippen LogP contribution in [0.25, 0.3) is 11.0 Å². The summed E-state index contributed by atoms with van der Waals surface area (Å²) in [5, 5.41) is 4.78. The van der Waals surface area contributed by atoms with Gasteiger partial charge in [-0.25, -0.2) is 19.2 Å². The number of aryl methyl sites for hydroxylation is 1. The van der Waals surface area contributed by atoms with Gasteiger partial charge in [0.15, 0.2) is 5.65 Å². The molecule has 1 fully saturated rings. The Morgan fingerprint density at radius 3 is 2.74 bits per heavy atom. The average molecular weight is 421 g/mol. The van der Waals surface area contributed by atoms with E-state index in [2.05, 4.69) is 15.1 Å². The number of halogens is 1. The number of fused-ring (bicyclic) bond motifs is 1. The number of rotatable bonds is 4. The van der Waals surface area contributed by atoms with Crippen LogP contribution in [0.4, 0.5) is 4.39 Å². The minimum absolute atomic E-state index is 0.00641. The second kappa shape index (κ2) is 7.57. The van der Waals surface area contributed by atoms with Crippen LogP contribution in [0.5, 0.6) is 0 Å². The van der Waals surface area contributed by atoms with Crippen LogP contribution in [0.15, 0.2) is 56.9 Å². The van der Waals surface area contributed by atoms with Crippen LogP contribution >= 0.6 is 0 Å². The maximum Gasteiger partial charge on any atom is 0.437 e. The molecule has 0 N–H and O–H groups in total. The quantitative estimate of drug-likeness (QED) is 0.503. The lowest BCUT2D eigenvalue weighted by atomic mass is 9.97. The molecule has 9 heteroatoms. The van der Waals surface area contributed by atoms with Gasteiger partial charge in [0.1, 0.15) is 18.7 Å². The summed E-state index contributed by atoms with van der Waals surface area (Å²) < 4.78 is 21.2. The lowest BCUT2D eigenvalue weighted by molar-refractivity contribution is 0.401. The summed E-state index contributed by atoms with van der Waals surface area (Å²) in [5.41, 5.74) is 1.95. The largest absolute Gasteiger partial charge is 0.437 e. The molecular formula is C22H20FN5O3. The number of pyridine rings is 1. The van der Waals surface area contributed by atoms with E-state index in [0.717, 1.165) is 30.4 Å². The standard InChI is InChI=1S/C22H20FN5O3/c1-13-8-9-24-20-19(13)21(29)27(12-25-20)11-18-26-28(22(30)31-18)17-7-4-15(10-17)14-2-5-16(23)6-3-14/h2-3,5-6,8-9,12,15,17H,4,7,10-11H2,1H3/t15-,17-/m1/s1. The molecule has 1 saturated carbocycles. The molecule has 0 radical (unpaired) electrons. The van der Waals surface area contributed by atoms with E-state index in [9.17, 15) is 14.0 Å². The van der Waals surface area contributed by atoms with Crippen molar-refractivity contribution < 1.29 is 8.81 Å². The highest BCUT2D eigenvalue weighted by Gasteiger charge is 2.30. The summed E-state index contributed by atoms with van der Waals surface area (Å²) in [4.78, 5) is 33.6. The Labute approximate surface area is 176 Å². The van der Waals surface area contributed by atoms with E-state index in [1.807, 2.05) is 6.92 Å².